The highest BCUT2D eigenvalue weighted by Crippen LogP contribution is 2.30. The first-order chi connectivity index (χ1) is 13.7. The second-order valence-corrected chi connectivity index (χ2v) is 8.60. The van der Waals surface area contributed by atoms with Crippen molar-refractivity contribution < 1.29 is 22.7 Å². The third-order valence-corrected chi connectivity index (χ3v) is 6.18. The highest BCUT2D eigenvalue weighted by molar-refractivity contribution is 7.90. The molecule has 2 aromatic rings. The lowest BCUT2D eigenvalue weighted by Gasteiger charge is -2.27. The first-order valence-electron chi connectivity index (χ1n) is 8.97. The van der Waals surface area contributed by atoms with E-state index >= 15 is 0 Å². The van der Waals surface area contributed by atoms with Gasteiger partial charge < -0.3 is 14.8 Å². The van der Waals surface area contributed by atoms with Crippen LogP contribution in [0.2, 0.25) is 0 Å². The Bertz CT molecular complexity index is 932. The summed E-state index contributed by atoms with van der Waals surface area (Å²) in [5.41, 5.74) is 1.22. The quantitative estimate of drug-likeness (QED) is 0.671. The molecule has 2 rings (SSSR count). The third-order valence-electron chi connectivity index (χ3n) is 4.36. The fourth-order valence-corrected chi connectivity index (χ4v) is 3.78. The molecule has 0 bridgehead atoms. The Hall–Kier alpha value is -2.78. The minimum absolute atomic E-state index is 0.345. The molecular weight excluding hydrogens is 394 g/mol. The Morgan fingerprint density at radius 2 is 1.66 bits per heavy atom. The lowest BCUT2D eigenvalue weighted by molar-refractivity contribution is -0.120. The average Bonchev–Trinajstić information content (AvgIpc) is 2.71. The minimum Gasteiger partial charge on any atom is -0.493 e. The molecule has 29 heavy (non-hydrogen) atoms. The van der Waals surface area contributed by atoms with Crippen molar-refractivity contribution in [1.29, 1.82) is 0 Å². The van der Waals surface area contributed by atoms with Crippen molar-refractivity contribution in [3.63, 3.8) is 0 Å². The van der Waals surface area contributed by atoms with Crippen LogP contribution in [0.4, 0.5) is 5.69 Å². The van der Waals surface area contributed by atoms with Gasteiger partial charge in [-0.1, -0.05) is 24.3 Å². The highest BCUT2D eigenvalue weighted by atomic mass is 32.2. The van der Waals surface area contributed by atoms with Gasteiger partial charge in [-0.3, -0.25) is 4.79 Å². The van der Waals surface area contributed by atoms with Gasteiger partial charge in [0.25, 0.3) is 0 Å². The number of para-hydroxylation sites is 1. The fourth-order valence-electron chi connectivity index (χ4n) is 2.72. The number of rotatable bonds is 9. The lowest BCUT2D eigenvalue weighted by Crippen LogP contribution is -2.46. The highest BCUT2D eigenvalue weighted by Gasteiger charge is 2.27. The number of carbonyl (C=O) groups is 1. The van der Waals surface area contributed by atoms with E-state index in [9.17, 15) is 13.2 Å². The molecule has 0 radical (unpaired) electrons. The summed E-state index contributed by atoms with van der Waals surface area (Å²) in [7, 11) is 2.10. The Balaban J connectivity index is 2.20. The maximum atomic E-state index is 12.7. The van der Waals surface area contributed by atoms with Crippen LogP contribution in [0.1, 0.15) is 18.5 Å². The van der Waals surface area contributed by atoms with Gasteiger partial charge in [0.2, 0.25) is 5.91 Å². The van der Waals surface area contributed by atoms with E-state index in [1.54, 1.807) is 49.6 Å². The van der Waals surface area contributed by atoms with Crippen molar-refractivity contribution in [2.45, 2.75) is 13.0 Å². The molecule has 158 valence electrons. The summed E-state index contributed by atoms with van der Waals surface area (Å²) < 4.78 is 38.1. The molecule has 0 unspecified atom stereocenters. The molecule has 0 heterocycles. The van der Waals surface area contributed by atoms with Crippen LogP contribution in [0.25, 0.3) is 0 Å². The number of hydrogen-bond acceptors (Lipinski definition) is 5. The molecule has 0 saturated heterocycles. The third kappa shape index (κ3) is 5.39. The predicted octanol–water partition coefficient (Wildman–Crippen LogP) is 2.19. The van der Waals surface area contributed by atoms with Gasteiger partial charge in [0.15, 0.2) is 11.5 Å². The van der Waals surface area contributed by atoms with E-state index < -0.39 is 16.1 Å². The number of methoxy groups -OCH3 is 2. The molecular formula is C20H27N3O5S. The van der Waals surface area contributed by atoms with E-state index in [1.165, 1.54) is 21.2 Å². The van der Waals surface area contributed by atoms with Gasteiger partial charge in [-0.15, -0.1) is 0 Å². The molecule has 1 N–H and O–H groups in total. The Labute approximate surface area is 172 Å². The van der Waals surface area contributed by atoms with Crippen molar-refractivity contribution in [2.24, 2.45) is 0 Å². The number of nitrogens with zero attached hydrogens (tertiary/aromatic N) is 2. The van der Waals surface area contributed by atoms with Crippen molar-refractivity contribution >= 4 is 21.8 Å². The standard InChI is InChI=1S/C20H27N3O5S/c1-15(16-11-12-18(27-4)19(13-16)28-5)21-20(24)14-23(29(25,26)22(2)3)17-9-7-6-8-10-17/h6-13,15H,14H2,1-5H3,(H,21,24)/t15-/m0/s1. The molecule has 0 saturated carbocycles. The van der Waals surface area contributed by atoms with E-state index in [0.717, 1.165) is 14.2 Å². The van der Waals surface area contributed by atoms with Crippen molar-refractivity contribution in [3.8, 4) is 11.5 Å². The summed E-state index contributed by atoms with van der Waals surface area (Å²) in [5.74, 6) is 0.705. The molecule has 0 aromatic heterocycles. The summed E-state index contributed by atoms with van der Waals surface area (Å²) in [6.45, 7) is 1.47. The maximum Gasteiger partial charge on any atom is 0.304 e. The van der Waals surface area contributed by atoms with Gasteiger partial charge in [0.05, 0.1) is 25.9 Å². The topological polar surface area (TPSA) is 88.2 Å². The van der Waals surface area contributed by atoms with Crippen molar-refractivity contribution in [3.05, 3.63) is 54.1 Å². The number of hydrogen-bond donors (Lipinski definition) is 1. The Morgan fingerprint density at radius 3 is 2.21 bits per heavy atom. The zero-order chi connectivity index (χ0) is 21.6. The van der Waals surface area contributed by atoms with Crippen LogP contribution in [0.15, 0.2) is 48.5 Å². The van der Waals surface area contributed by atoms with E-state index in [4.69, 9.17) is 9.47 Å². The minimum atomic E-state index is -3.84. The van der Waals surface area contributed by atoms with Crippen LogP contribution in [-0.4, -0.2) is 53.5 Å². The van der Waals surface area contributed by atoms with Gasteiger partial charge in [0, 0.05) is 14.1 Å². The molecule has 8 nitrogen and oxygen atoms in total. The zero-order valence-electron chi connectivity index (χ0n) is 17.2. The Morgan fingerprint density at radius 1 is 1.03 bits per heavy atom. The summed E-state index contributed by atoms with van der Waals surface area (Å²) in [5, 5.41) is 2.84. The number of amides is 1. The second kappa shape index (κ2) is 9.62. The largest absolute Gasteiger partial charge is 0.493 e. The fraction of sp³-hybridized carbons (Fsp3) is 0.350. The van der Waals surface area contributed by atoms with Crippen molar-refractivity contribution in [2.75, 3.05) is 39.2 Å². The molecule has 0 fully saturated rings. The van der Waals surface area contributed by atoms with E-state index in [1.807, 2.05) is 13.0 Å². The predicted molar refractivity (Wildman–Crippen MR) is 112 cm³/mol. The van der Waals surface area contributed by atoms with E-state index in [0.29, 0.717) is 17.2 Å². The second-order valence-electron chi connectivity index (χ2n) is 6.54. The number of anilines is 1. The van der Waals surface area contributed by atoms with Crippen LogP contribution in [-0.2, 0) is 15.0 Å². The van der Waals surface area contributed by atoms with Gasteiger partial charge in [-0.25, -0.2) is 4.31 Å². The summed E-state index contributed by atoms with van der Waals surface area (Å²) >= 11 is 0. The summed E-state index contributed by atoms with van der Waals surface area (Å²) in [4.78, 5) is 12.7. The molecule has 9 heteroatoms. The summed E-state index contributed by atoms with van der Waals surface area (Å²) in [6, 6.07) is 13.5. The molecule has 1 amide bonds. The van der Waals surface area contributed by atoms with Crippen LogP contribution >= 0.6 is 0 Å². The normalized spacial score (nSPS) is 12.3. The van der Waals surface area contributed by atoms with Crippen LogP contribution in [0.3, 0.4) is 0 Å². The van der Waals surface area contributed by atoms with Crippen LogP contribution < -0.4 is 19.1 Å². The molecule has 0 aliphatic rings. The maximum absolute atomic E-state index is 12.7. The number of ether oxygens (including phenoxy) is 2. The van der Waals surface area contributed by atoms with Gasteiger partial charge in [-0.05, 0) is 36.8 Å². The number of carbonyl (C=O) groups excluding carboxylic acids is 1. The Kier molecular flexibility index (Phi) is 7.46. The molecule has 0 aliphatic carbocycles. The smallest absolute Gasteiger partial charge is 0.304 e. The van der Waals surface area contributed by atoms with Gasteiger partial charge >= 0.3 is 10.2 Å². The van der Waals surface area contributed by atoms with Gasteiger partial charge in [0.1, 0.15) is 6.54 Å². The van der Waals surface area contributed by atoms with Crippen LogP contribution in [0, 0.1) is 0 Å². The number of benzene rings is 2. The molecule has 0 aliphatic heterocycles. The number of nitrogens with one attached hydrogen (secondary N) is 1. The molecule has 0 spiro atoms. The molecule has 2 aromatic carbocycles. The zero-order valence-corrected chi connectivity index (χ0v) is 18.1. The van der Waals surface area contributed by atoms with Crippen molar-refractivity contribution in [1.82, 2.24) is 9.62 Å². The van der Waals surface area contributed by atoms with E-state index in [-0.39, 0.29) is 12.6 Å². The van der Waals surface area contributed by atoms with Crippen LogP contribution in [0.5, 0.6) is 11.5 Å². The average molecular weight is 422 g/mol. The monoisotopic (exact) mass is 421 g/mol. The molecule has 1 atom stereocenters. The first-order valence-corrected chi connectivity index (χ1v) is 10.4. The lowest BCUT2D eigenvalue weighted by atomic mass is 10.1. The van der Waals surface area contributed by atoms with Gasteiger partial charge in [-0.2, -0.15) is 12.7 Å². The SMILES string of the molecule is COc1ccc([C@H](C)NC(=O)CN(c2ccccc2)S(=O)(=O)N(C)C)cc1OC. The first kappa shape index (κ1) is 22.5. The van der Waals surface area contributed by atoms with E-state index in [2.05, 4.69) is 5.32 Å². The summed E-state index contributed by atoms with van der Waals surface area (Å²) in [6.07, 6.45) is 0.